The normalized spacial score (nSPS) is 30.3. The van der Waals surface area contributed by atoms with Gasteiger partial charge in [-0.25, -0.2) is 0 Å². The van der Waals surface area contributed by atoms with Crippen LogP contribution in [0.3, 0.4) is 0 Å². The molecule has 4 atom stereocenters. The maximum atomic E-state index is 12.5. The largest absolute Gasteiger partial charge is 0.353 e. The highest BCUT2D eigenvalue weighted by Crippen LogP contribution is 2.35. The van der Waals surface area contributed by atoms with Crippen molar-refractivity contribution in [2.75, 3.05) is 0 Å². The van der Waals surface area contributed by atoms with Crippen molar-refractivity contribution in [2.24, 2.45) is 11.8 Å². The summed E-state index contributed by atoms with van der Waals surface area (Å²) in [6.45, 7) is 6.24. The highest BCUT2D eigenvalue weighted by molar-refractivity contribution is 5.94. The Bertz CT molecular complexity index is 626. The van der Waals surface area contributed by atoms with Crippen molar-refractivity contribution < 1.29 is 9.59 Å². The fourth-order valence-corrected chi connectivity index (χ4v) is 4.03. The van der Waals surface area contributed by atoms with Crippen LogP contribution in [0.5, 0.6) is 0 Å². The number of benzene rings is 1. The molecule has 4 nitrogen and oxygen atoms in total. The molecule has 4 unspecified atom stereocenters. The van der Waals surface area contributed by atoms with Crippen LogP contribution in [0.2, 0.25) is 0 Å². The van der Waals surface area contributed by atoms with E-state index in [1.54, 1.807) is 0 Å². The number of hydrogen-bond acceptors (Lipinski definition) is 2. The lowest BCUT2D eigenvalue weighted by Gasteiger charge is -2.43. The van der Waals surface area contributed by atoms with E-state index in [0.717, 1.165) is 30.4 Å². The van der Waals surface area contributed by atoms with Crippen molar-refractivity contribution in [3.63, 3.8) is 0 Å². The molecule has 1 saturated heterocycles. The Balaban J connectivity index is 1.63. The van der Waals surface area contributed by atoms with Gasteiger partial charge < -0.3 is 10.6 Å². The number of rotatable bonds is 2. The third-order valence-corrected chi connectivity index (χ3v) is 5.59. The molecule has 1 aromatic carbocycles. The summed E-state index contributed by atoms with van der Waals surface area (Å²) in [5.74, 6) is 1.15. The van der Waals surface area contributed by atoms with Gasteiger partial charge in [-0.05, 0) is 68.2 Å². The summed E-state index contributed by atoms with van der Waals surface area (Å²) in [6, 6.07) is 6.18. The number of hydrogen-bond donors (Lipinski definition) is 2. The van der Waals surface area contributed by atoms with E-state index in [1.165, 1.54) is 5.56 Å². The first-order valence-corrected chi connectivity index (χ1v) is 8.61. The van der Waals surface area contributed by atoms with E-state index in [0.29, 0.717) is 18.3 Å². The lowest BCUT2D eigenvalue weighted by Crippen LogP contribution is -2.54. The molecule has 1 saturated carbocycles. The predicted octanol–water partition coefficient (Wildman–Crippen LogP) is 2.73. The first kappa shape index (κ1) is 16.0. The second-order valence-electron chi connectivity index (χ2n) is 7.30. The zero-order chi connectivity index (χ0) is 16.6. The van der Waals surface area contributed by atoms with Crippen LogP contribution in [0.25, 0.3) is 0 Å². The van der Waals surface area contributed by atoms with Gasteiger partial charge in [0, 0.05) is 24.1 Å². The van der Waals surface area contributed by atoms with Gasteiger partial charge in [0.1, 0.15) is 0 Å². The number of carbonyl (C=O) groups excluding carboxylic acids is 2. The fraction of sp³-hybridized carbons (Fsp3) is 0.579. The van der Waals surface area contributed by atoms with Crippen molar-refractivity contribution in [2.45, 2.75) is 58.5 Å². The second kappa shape index (κ2) is 6.34. The van der Waals surface area contributed by atoms with Gasteiger partial charge in [0.2, 0.25) is 5.91 Å². The smallest absolute Gasteiger partial charge is 0.251 e. The molecule has 2 amide bonds. The molecule has 4 heteroatoms. The minimum absolute atomic E-state index is 0.00765. The summed E-state index contributed by atoms with van der Waals surface area (Å²) < 4.78 is 0. The minimum Gasteiger partial charge on any atom is -0.353 e. The molecule has 1 aromatic rings. The van der Waals surface area contributed by atoms with E-state index in [4.69, 9.17) is 0 Å². The molecular weight excluding hydrogens is 288 g/mol. The Morgan fingerprint density at radius 3 is 2.74 bits per heavy atom. The summed E-state index contributed by atoms with van der Waals surface area (Å²) in [7, 11) is 0. The predicted molar refractivity (Wildman–Crippen MR) is 90.2 cm³/mol. The average Bonchev–Trinajstić information content (AvgIpc) is 2.49. The van der Waals surface area contributed by atoms with Gasteiger partial charge in [-0.15, -0.1) is 0 Å². The number of aryl methyl sites for hydroxylation is 2. The molecule has 1 aliphatic carbocycles. The van der Waals surface area contributed by atoms with E-state index in [-0.39, 0.29) is 23.9 Å². The van der Waals surface area contributed by atoms with Gasteiger partial charge in [-0.1, -0.05) is 13.0 Å². The highest BCUT2D eigenvalue weighted by atomic mass is 16.2. The number of amides is 2. The number of carbonyl (C=O) groups is 2. The van der Waals surface area contributed by atoms with Crippen molar-refractivity contribution in [3.8, 4) is 0 Å². The van der Waals surface area contributed by atoms with E-state index in [2.05, 4.69) is 17.6 Å². The summed E-state index contributed by atoms with van der Waals surface area (Å²) in [4.78, 5) is 24.2. The Kier molecular flexibility index (Phi) is 4.42. The zero-order valence-electron chi connectivity index (χ0n) is 14.2. The van der Waals surface area contributed by atoms with Gasteiger partial charge in [-0.3, -0.25) is 9.59 Å². The molecule has 0 aromatic heterocycles. The molecule has 0 bridgehead atoms. The molecule has 0 radical (unpaired) electrons. The van der Waals surface area contributed by atoms with E-state index in [9.17, 15) is 9.59 Å². The zero-order valence-corrected chi connectivity index (χ0v) is 14.2. The standard InChI is InChI=1S/C19H26N2O2/c1-11-4-5-14(8-12(11)2)19(23)20-15-6-7-16-13(3)9-18(22)21-17(16)10-15/h4-5,8,13,15-17H,6-7,9-10H2,1-3H3,(H,20,23)(H,21,22). The maximum Gasteiger partial charge on any atom is 0.251 e. The van der Waals surface area contributed by atoms with Gasteiger partial charge in [-0.2, -0.15) is 0 Å². The third-order valence-electron chi connectivity index (χ3n) is 5.59. The van der Waals surface area contributed by atoms with Gasteiger partial charge >= 0.3 is 0 Å². The second-order valence-corrected chi connectivity index (χ2v) is 7.30. The summed E-state index contributed by atoms with van der Waals surface area (Å²) in [6.07, 6.45) is 3.56. The van der Waals surface area contributed by atoms with Crippen molar-refractivity contribution in [1.29, 1.82) is 0 Å². The molecule has 2 N–H and O–H groups in total. The Labute approximate surface area is 138 Å². The minimum atomic E-state index is -0.00765. The molecular formula is C19H26N2O2. The third kappa shape index (κ3) is 3.41. The van der Waals surface area contributed by atoms with Crippen LogP contribution in [0.4, 0.5) is 0 Å². The molecule has 1 aliphatic heterocycles. The van der Waals surface area contributed by atoms with Crippen LogP contribution in [0.15, 0.2) is 18.2 Å². The lowest BCUT2D eigenvalue weighted by molar-refractivity contribution is -0.126. The van der Waals surface area contributed by atoms with E-state index in [1.807, 2.05) is 32.0 Å². The summed E-state index contributed by atoms with van der Waals surface area (Å²) in [5, 5.41) is 6.27. The SMILES string of the molecule is Cc1ccc(C(=O)NC2CCC3C(C)CC(=O)NC3C2)cc1C. The fourth-order valence-electron chi connectivity index (χ4n) is 4.03. The number of nitrogens with one attached hydrogen (secondary N) is 2. The maximum absolute atomic E-state index is 12.5. The van der Waals surface area contributed by atoms with E-state index < -0.39 is 0 Å². The summed E-state index contributed by atoms with van der Waals surface area (Å²) in [5.41, 5.74) is 3.05. The van der Waals surface area contributed by atoms with Crippen LogP contribution in [0.1, 0.15) is 54.1 Å². The van der Waals surface area contributed by atoms with Crippen molar-refractivity contribution in [3.05, 3.63) is 34.9 Å². The van der Waals surface area contributed by atoms with Crippen LogP contribution in [0, 0.1) is 25.7 Å². The van der Waals surface area contributed by atoms with Crippen LogP contribution < -0.4 is 10.6 Å². The van der Waals surface area contributed by atoms with Gasteiger partial charge in [0.15, 0.2) is 0 Å². The van der Waals surface area contributed by atoms with Gasteiger partial charge in [0.25, 0.3) is 5.91 Å². The molecule has 1 heterocycles. The molecule has 2 aliphatic rings. The molecule has 3 rings (SSSR count). The average molecular weight is 314 g/mol. The van der Waals surface area contributed by atoms with Crippen molar-refractivity contribution >= 4 is 11.8 Å². The Hall–Kier alpha value is -1.84. The van der Waals surface area contributed by atoms with Crippen LogP contribution >= 0.6 is 0 Å². The highest BCUT2D eigenvalue weighted by Gasteiger charge is 2.39. The van der Waals surface area contributed by atoms with Gasteiger partial charge in [0.05, 0.1) is 0 Å². The van der Waals surface area contributed by atoms with Crippen molar-refractivity contribution in [1.82, 2.24) is 10.6 Å². The molecule has 0 spiro atoms. The molecule has 124 valence electrons. The number of fused-ring (bicyclic) bond motifs is 1. The quantitative estimate of drug-likeness (QED) is 0.882. The lowest BCUT2D eigenvalue weighted by atomic mass is 9.72. The first-order chi connectivity index (χ1) is 10.9. The number of piperidine rings is 1. The van der Waals surface area contributed by atoms with Crippen LogP contribution in [-0.4, -0.2) is 23.9 Å². The summed E-state index contributed by atoms with van der Waals surface area (Å²) >= 11 is 0. The monoisotopic (exact) mass is 314 g/mol. The first-order valence-electron chi connectivity index (χ1n) is 8.61. The molecule has 2 fully saturated rings. The topological polar surface area (TPSA) is 58.2 Å². The van der Waals surface area contributed by atoms with Crippen LogP contribution in [-0.2, 0) is 4.79 Å². The Morgan fingerprint density at radius 2 is 2.00 bits per heavy atom. The molecule has 23 heavy (non-hydrogen) atoms. The Morgan fingerprint density at radius 1 is 1.22 bits per heavy atom. The van der Waals surface area contributed by atoms with E-state index >= 15 is 0 Å².